The lowest BCUT2D eigenvalue weighted by Crippen LogP contribution is -2.24. The number of anilines is 2. The molecule has 2 heterocycles. The lowest BCUT2D eigenvalue weighted by Gasteiger charge is -2.16. The van der Waals surface area contributed by atoms with Gasteiger partial charge in [-0.3, -0.25) is 4.68 Å². The fourth-order valence-electron chi connectivity index (χ4n) is 3.38. The summed E-state index contributed by atoms with van der Waals surface area (Å²) in [5.41, 5.74) is 14.6. The van der Waals surface area contributed by atoms with Gasteiger partial charge in [0, 0.05) is 6.54 Å². The van der Waals surface area contributed by atoms with Crippen molar-refractivity contribution >= 4 is 22.8 Å². The van der Waals surface area contributed by atoms with E-state index >= 15 is 0 Å². The van der Waals surface area contributed by atoms with Gasteiger partial charge in [0.25, 0.3) is 0 Å². The average Bonchev–Trinajstić information content (AvgIpc) is 3.15. The maximum Gasteiger partial charge on any atom is 0.222 e. The summed E-state index contributed by atoms with van der Waals surface area (Å²) in [5.74, 6) is 1.98. The van der Waals surface area contributed by atoms with Crippen LogP contribution in [0.3, 0.4) is 0 Å². The topological polar surface area (TPSA) is 146 Å². The molecule has 162 valence electrons. The maximum atomic E-state index is 9.62. The number of ether oxygens (including phenoxy) is 2. The van der Waals surface area contributed by atoms with Gasteiger partial charge in [-0.1, -0.05) is 13.3 Å². The minimum atomic E-state index is -0.137. The van der Waals surface area contributed by atoms with Crippen LogP contribution in [0, 0.1) is 0 Å². The van der Waals surface area contributed by atoms with Gasteiger partial charge in [-0.2, -0.15) is 10.1 Å². The number of fused-ring (bicyclic) bond motifs is 1. The van der Waals surface area contributed by atoms with Crippen LogP contribution >= 0.6 is 0 Å². The van der Waals surface area contributed by atoms with E-state index in [2.05, 4.69) is 27.3 Å². The largest absolute Gasteiger partial charge is 0.496 e. The molecule has 0 aliphatic rings. The first-order valence-electron chi connectivity index (χ1n) is 9.84. The van der Waals surface area contributed by atoms with E-state index in [1.807, 2.05) is 12.1 Å². The van der Waals surface area contributed by atoms with E-state index in [1.165, 1.54) is 0 Å². The van der Waals surface area contributed by atoms with E-state index in [1.54, 1.807) is 25.1 Å². The Bertz CT molecular complexity index is 980. The van der Waals surface area contributed by atoms with Crippen LogP contribution in [-0.2, 0) is 13.1 Å². The number of nitrogens with zero attached hydrogens (tertiary/aromatic N) is 4. The highest BCUT2D eigenvalue weighted by Gasteiger charge is 2.17. The average molecular weight is 415 g/mol. The van der Waals surface area contributed by atoms with Gasteiger partial charge >= 0.3 is 0 Å². The van der Waals surface area contributed by atoms with Crippen molar-refractivity contribution in [3.8, 4) is 11.5 Å². The summed E-state index contributed by atoms with van der Waals surface area (Å²) in [4.78, 5) is 8.58. The molecule has 10 heteroatoms. The number of nitrogens with two attached hydrogens (primary N) is 2. The predicted molar refractivity (Wildman–Crippen MR) is 116 cm³/mol. The molecule has 0 bridgehead atoms. The van der Waals surface area contributed by atoms with Crippen molar-refractivity contribution in [1.82, 2.24) is 19.7 Å². The van der Waals surface area contributed by atoms with Gasteiger partial charge in [0.1, 0.15) is 17.0 Å². The van der Waals surface area contributed by atoms with Crippen LogP contribution in [0.2, 0.25) is 0 Å². The zero-order valence-electron chi connectivity index (χ0n) is 17.6. The molecule has 0 aliphatic heterocycles. The van der Waals surface area contributed by atoms with E-state index in [4.69, 9.17) is 20.9 Å². The number of aliphatic hydroxyl groups excluding tert-OH is 1. The van der Waals surface area contributed by atoms with Crippen molar-refractivity contribution in [3.63, 3.8) is 0 Å². The van der Waals surface area contributed by atoms with Crippen LogP contribution < -0.4 is 26.3 Å². The van der Waals surface area contributed by atoms with E-state index < -0.39 is 0 Å². The molecule has 10 nitrogen and oxygen atoms in total. The minimum Gasteiger partial charge on any atom is -0.496 e. The number of aromatic nitrogens is 4. The first-order valence-corrected chi connectivity index (χ1v) is 9.84. The second-order valence-corrected chi connectivity index (χ2v) is 6.99. The smallest absolute Gasteiger partial charge is 0.222 e. The van der Waals surface area contributed by atoms with E-state index in [0.717, 1.165) is 24.0 Å². The van der Waals surface area contributed by atoms with E-state index in [9.17, 15) is 5.11 Å². The maximum absolute atomic E-state index is 9.62. The van der Waals surface area contributed by atoms with Crippen LogP contribution in [0.1, 0.15) is 30.9 Å². The molecule has 3 aromatic rings. The molecule has 6 N–H and O–H groups in total. The van der Waals surface area contributed by atoms with Gasteiger partial charge in [-0.05, 0) is 24.1 Å². The van der Waals surface area contributed by atoms with Gasteiger partial charge in [-0.25, -0.2) is 4.98 Å². The van der Waals surface area contributed by atoms with Crippen LogP contribution in [0.4, 0.5) is 11.8 Å². The van der Waals surface area contributed by atoms with Crippen molar-refractivity contribution in [3.05, 3.63) is 29.5 Å². The molecule has 0 spiro atoms. The van der Waals surface area contributed by atoms with Crippen LogP contribution in [-0.4, -0.2) is 51.7 Å². The fourth-order valence-corrected chi connectivity index (χ4v) is 3.38. The number of aliphatic hydroxyl groups is 1. The van der Waals surface area contributed by atoms with E-state index in [-0.39, 0.29) is 18.6 Å². The fraction of sp³-hybridized carbons (Fsp3) is 0.450. The van der Waals surface area contributed by atoms with Gasteiger partial charge in [0.15, 0.2) is 11.3 Å². The normalized spacial score (nSPS) is 12.2. The molecule has 0 aliphatic carbocycles. The molecule has 3 rings (SSSR count). The second-order valence-electron chi connectivity index (χ2n) is 6.99. The number of nitrogen functional groups attached to an aromatic ring is 1. The Labute approximate surface area is 175 Å². The Morgan fingerprint density at radius 1 is 1.20 bits per heavy atom. The quantitative estimate of drug-likeness (QED) is 0.387. The van der Waals surface area contributed by atoms with Crippen molar-refractivity contribution < 1.29 is 14.6 Å². The number of hydrogen-bond acceptors (Lipinski definition) is 9. The van der Waals surface area contributed by atoms with Crippen molar-refractivity contribution in [2.24, 2.45) is 5.73 Å². The molecule has 1 aromatic carbocycles. The van der Waals surface area contributed by atoms with Crippen molar-refractivity contribution in [2.75, 3.05) is 31.9 Å². The molecular formula is C20H29N7O3. The summed E-state index contributed by atoms with van der Waals surface area (Å²) in [6, 6.07) is 3.65. The third-order valence-electron chi connectivity index (χ3n) is 4.85. The van der Waals surface area contributed by atoms with Crippen molar-refractivity contribution in [2.45, 2.75) is 38.9 Å². The molecule has 0 fully saturated rings. The van der Waals surface area contributed by atoms with E-state index in [0.29, 0.717) is 41.4 Å². The standard InChI is InChI=1S/C20H29N7O3/c1-4-5-13(11-28)23-19-18-15(24-20(22)25-19)10-27(26-18)9-14-16(29-2)6-12(8-21)7-17(14)30-3/h6-7,10,13,28H,4-5,8-9,11,21H2,1-3H3,(H3,22,23,24,25)/t13-/m0/s1. The van der Waals surface area contributed by atoms with Gasteiger partial charge < -0.3 is 31.4 Å². The second kappa shape index (κ2) is 9.59. The Balaban J connectivity index is 2.00. The number of rotatable bonds is 10. The first kappa shape index (κ1) is 21.6. The van der Waals surface area contributed by atoms with Crippen LogP contribution in [0.5, 0.6) is 11.5 Å². The molecular weight excluding hydrogens is 386 g/mol. The molecule has 1 atom stereocenters. The molecule has 0 saturated carbocycles. The third kappa shape index (κ3) is 4.55. The van der Waals surface area contributed by atoms with Crippen molar-refractivity contribution in [1.29, 1.82) is 0 Å². The van der Waals surface area contributed by atoms with Gasteiger partial charge in [0.2, 0.25) is 5.95 Å². The van der Waals surface area contributed by atoms with Crippen LogP contribution in [0.25, 0.3) is 11.0 Å². The Kier molecular flexibility index (Phi) is 6.91. The summed E-state index contributed by atoms with van der Waals surface area (Å²) in [7, 11) is 3.21. The molecule has 0 amide bonds. The van der Waals surface area contributed by atoms with Gasteiger partial charge in [-0.15, -0.1) is 0 Å². The predicted octanol–water partition coefficient (Wildman–Crippen LogP) is 1.51. The Hall–Kier alpha value is -3.11. The third-order valence-corrected chi connectivity index (χ3v) is 4.85. The molecule has 0 saturated heterocycles. The number of benzene rings is 1. The number of methoxy groups -OCH3 is 2. The zero-order chi connectivity index (χ0) is 21.7. The zero-order valence-corrected chi connectivity index (χ0v) is 17.6. The highest BCUT2D eigenvalue weighted by atomic mass is 16.5. The Morgan fingerprint density at radius 2 is 1.90 bits per heavy atom. The van der Waals surface area contributed by atoms with Crippen LogP contribution in [0.15, 0.2) is 18.3 Å². The monoisotopic (exact) mass is 415 g/mol. The van der Waals surface area contributed by atoms with Gasteiger partial charge in [0.05, 0.1) is 45.2 Å². The molecule has 0 unspecified atom stereocenters. The highest BCUT2D eigenvalue weighted by molar-refractivity contribution is 5.86. The Morgan fingerprint density at radius 3 is 2.47 bits per heavy atom. The summed E-state index contributed by atoms with van der Waals surface area (Å²) in [6.45, 7) is 2.82. The highest BCUT2D eigenvalue weighted by Crippen LogP contribution is 2.32. The number of nitrogens with one attached hydrogen (secondary N) is 1. The lowest BCUT2D eigenvalue weighted by atomic mass is 10.1. The summed E-state index contributed by atoms with van der Waals surface area (Å²) >= 11 is 0. The number of hydrogen-bond donors (Lipinski definition) is 4. The summed E-state index contributed by atoms with van der Waals surface area (Å²) in [5, 5.41) is 17.5. The minimum absolute atomic E-state index is 0.0121. The lowest BCUT2D eigenvalue weighted by molar-refractivity contribution is 0.268. The molecule has 30 heavy (non-hydrogen) atoms. The first-order chi connectivity index (χ1) is 14.5. The molecule has 0 radical (unpaired) electrons. The summed E-state index contributed by atoms with van der Waals surface area (Å²) in [6.07, 6.45) is 3.52. The summed E-state index contributed by atoms with van der Waals surface area (Å²) < 4.78 is 12.8. The molecule has 2 aromatic heterocycles. The SMILES string of the molecule is CCC[C@@H](CO)Nc1nc(N)nc2cn(Cc3c(OC)cc(CN)cc3OC)nc12.